The molecule has 0 aliphatic carbocycles. The zero-order valence-electron chi connectivity index (χ0n) is 38.1. The van der Waals surface area contributed by atoms with E-state index in [1.807, 2.05) is 106 Å². The topological polar surface area (TPSA) is 0 Å². The maximum atomic E-state index is 2.48. The molecule has 71 heavy (non-hydrogen) atoms. The standard InChI is InChI=1S/C62H38S9/c1-35-43(39-15-11-27-55-59(39)68-51-23-7-3-19-47(51)64-55)31-37(32-44(35)40-16-12-28-56-60(40)69-52-24-8-4-20-48(52)65-56)63-38-33-45(41-17-13-29-57-61(41)70-53-25-9-5-21-49(53)66-57)36(2)46(34-38)42-18-14-30-58-62(42)71-54-26-10-6-22-50(54)67-58/h3-34H,1-2H3. The Kier molecular flexibility index (Phi) is 11.8. The fourth-order valence-corrected chi connectivity index (χ4v) is 20.3. The van der Waals surface area contributed by atoms with Crippen molar-refractivity contribution < 1.29 is 0 Å². The fraction of sp³-hybridized carbons (Fsp3) is 0.0323. The lowest BCUT2D eigenvalue weighted by atomic mass is 9.92. The molecule has 0 aromatic heterocycles. The van der Waals surface area contributed by atoms with Crippen molar-refractivity contribution in [3.05, 3.63) is 205 Å². The van der Waals surface area contributed by atoms with Crippen molar-refractivity contribution in [1.82, 2.24) is 0 Å². The summed E-state index contributed by atoms with van der Waals surface area (Å²) >= 11 is 17.1. The average molecular weight is 1070 g/mol. The van der Waals surface area contributed by atoms with E-state index < -0.39 is 0 Å². The smallest absolute Gasteiger partial charge is 0.0340 e. The lowest BCUT2D eigenvalue weighted by Crippen LogP contribution is -1.98. The van der Waals surface area contributed by atoms with Crippen molar-refractivity contribution in [1.29, 1.82) is 0 Å². The third kappa shape index (κ3) is 8.15. The number of fused-ring (bicyclic) bond motifs is 8. The first-order chi connectivity index (χ1) is 35.0. The molecule has 4 aliphatic rings. The van der Waals surface area contributed by atoms with Gasteiger partial charge in [-0.05, 0) is 167 Å². The molecule has 0 spiro atoms. The van der Waals surface area contributed by atoms with Gasteiger partial charge >= 0.3 is 0 Å². The highest BCUT2D eigenvalue weighted by molar-refractivity contribution is 8.06. The van der Waals surface area contributed by atoms with Crippen molar-refractivity contribution in [3.63, 3.8) is 0 Å². The van der Waals surface area contributed by atoms with E-state index in [2.05, 4.69) is 208 Å². The van der Waals surface area contributed by atoms with Gasteiger partial charge in [0.05, 0.1) is 0 Å². The van der Waals surface area contributed by atoms with Gasteiger partial charge in [-0.15, -0.1) is 0 Å². The molecule has 10 aromatic carbocycles. The summed E-state index contributed by atoms with van der Waals surface area (Å²) in [5.74, 6) is 0. The van der Waals surface area contributed by atoms with Gasteiger partial charge in [-0.25, -0.2) is 0 Å². The molecule has 10 aromatic rings. The number of hydrogen-bond donors (Lipinski definition) is 0. The predicted molar refractivity (Wildman–Crippen MR) is 307 cm³/mol. The van der Waals surface area contributed by atoms with Gasteiger partial charge in [-0.3, -0.25) is 0 Å². The Morgan fingerprint density at radius 2 is 0.437 bits per heavy atom. The van der Waals surface area contributed by atoms with Crippen LogP contribution in [0, 0.1) is 13.8 Å². The van der Waals surface area contributed by atoms with Gasteiger partial charge in [0.1, 0.15) is 0 Å². The van der Waals surface area contributed by atoms with Crippen molar-refractivity contribution in [2.45, 2.75) is 102 Å². The Balaban J connectivity index is 0.965. The molecule has 0 radical (unpaired) electrons. The second-order valence-corrected chi connectivity index (χ2v) is 27.2. The summed E-state index contributed by atoms with van der Waals surface area (Å²) in [4.78, 5) is 23.6. The number of hydrogen-bond acceptors (Lipinski definition) is 9. The molecule has 4 heterocycles. The Labute approximate surface area is 453 Å². The van der Waals surface area contributed by atoms with Crippen LogP contribution < -0.4 is 0 Å². The number of benzene rings is 10. The van der Waals surface area contributed by atoms with E-state index in [1.165, 1.54) is 144 Å². The summed E-state index contributed by atoms with van der Waals surface area (Å²) in [6.07, 6.45) is 0. The Morgan fingerprint density at radius 1 is 0.225 bits per heavy atom. The van der Waals surface area contributed by atoms with Gasteiger partial charge in [-0.1, -0.05) is 203 Å². The first-order valence-electron chi connectivity index (χ1n) is 23.3. The zero-order valence-corrected chi connectivity index (χ0v) is 45.5. The van der Waals surface area contributed by atoms with Crippen LogP contribution in [0.1, 0.15) is 11.1 Å². The van der Waals surface area contributed by atoms with Gasteiger partial charge in [-0.2, -0.15) is 0 Å². The van der Waals surface area contributed by atoms with E-state index in [-0.39, 0.29) is 0 Å². The third-order valence-corrected chi connectivity index (χ3v) is 24.6. The largest absolute Gasteiger partial charge is 0.0900 e. The van der Waals surface area contributed by atoms with E-state index in [9.17, 15) is 0 Å². The highest BCUT2D eigenvalue weighted by Gasteiger charge is 2.28. The summed E-state index contributed by atoms with van der Waals surface area (Å²) in [6.45, 7) is 4.70. The monoisotopic (exact) mass is 1070 g/mol. The molecule has 0 N–H and O–H groups in total. The average Bonchev–Trinajstić information content (AvgIpc) is 3.41. The number of rotatable bonds is 6. The van der Waals surface area contributed by atoms with Crippen LogP contribution in [0.2, 0.25) is 0 Å². The van der Waals surface area contributed by atoms with Crippen LogP contribution in [0.25, 0.3) is 44.5 Å². The first-order valence-corrected chi connectivity index (χ1v) is 30.6. The highest BCUT2D eigenvalue weighted by Crippen LogP contribution is 2.58. The third-order valence-electron chi connectivity index (χ3n) is 13.2. The van der Waals surface area contributed by atoms with Gasteiger partial charge in [0.15, 0.2) is 0 Å². The lowest BCUT2D eigenvalue weighted by molar-refractivity contribution is 1.15. The van der Waals surface area contributed by atoms with Crippen LogP contribution in [0.4, 0.5) is 0 Å². The summed E-state index contributed by atoms with van der Waals surface area (Å²) in [7, 11) is 0. The zero-order chi connectivity index (χ0) is 47.2. The van der Waals surface area contributed by atoms with Crippen molar-refractivity contribution in [2.24, 2.45) is 0 Å². The molecule has 0 amide bonds. The van der Waals surface area contributed by atoms with Crippen LogP contribution in [-0.4, -0.2) is 0 Å². The Hall–Kier alpha value is -4.65. The first kappa shape index (κ1) is 45.0. The van der Waals surface area contributed by atoms with Crippen LogP contribution in [0.15, 0.2) is 282 Å². The van der Waals surface area contributed by atoms with Gasteiger partial charge < -0.3 is 0 Å². The summed E-state index contributed by atoms with van der Waals surface area (Å²) in [6, 6.07) is 72.9. The summed E-state index contributed by atoms with van der Waals surface area (Å²) < 4.78 is 0. The minimum atomic E-state index is 1.22. The molecular weight excluding hydrogens is 1030 g/mol. The summed E-state index contributed by atoms with van der Waals surface area (Å²) in [5, 5.41) is 0. The van der Waals surface area contributed by atoms with E-state index in [0.29, 0.717) is 0 Å². The molecular formula is C62H38S9. The maximum Gasteiger partial charge on any atom is 0.0340 e. The maximum absolute atomic E-state index is 2.48. The second-order valence-electron chi connectivity index (χ2n) is 17.5. The molecule has 0 saturated heterocycles. The van der Waals surface area contributed by atoms with Gasteiger partial charge in [0, 0.05) is 88.1 Å². The van der Waals surface area contributed by atoms with Crippen molar-refractivity contribution >= 4 is 106 Å². The minimum Gasteiger partial charge on any atom is -0.0900 e. The van der Waals surface area contributed by atoms with Crippen LogP contribution in [0.3, 0.4) is 0 Å². The highest BCUT2D eigenvalue weighted by atomic mass is 32.2. The van der Waals surface area contributed by atoms with Gasteiger partial charge in [0.2, 0.25) is 0 Å². The molecule has 0 saturated carbocycles. The quantitative estimate of drug-likeness (QED) is 0.158. The van der Waals surface area contributed by atoms with Crippen LogP contribution in [0.5, 0.6) is 0 Å². The van der Waals surface area contributed by atoms with Crippen molar-refractivity contribution in [2.75, 3.05) is 0 Å². The van der Waals surface area contributed by atoms with Gasteiger partial charge in [0.25, 0.3) is 0 Å². The minimum absolute atomic E-state index is 1.22. The van der Waals surface area contributed by atoms with E-state index in [4.69, 9.17) is 0 Å². The van der Waals surface area contributed by atoms with E-state index >= 15 is 0 Å². The lowest BCUT2D eigenvalue weighted by Gasteiger charge is -2.25. The normalized spacial score (nSPS) is 13.7. The fourth-order valence-electron chi connectivity index (χ4n) is 9.79. The van der Waals surface area contributed by atoms with Crippen LogP contribution in [-0.2, 0) is 0 Å². The molecule has 340 valence electrons. The summed E-state index contributed by atoms with van der Waals surface area (Å²) in [5.41, 5.74) is 12.9. The SMILES string of the molecule is Cc1c(-c2cccc3c2Sc2ccccc2S3)cc(Sc2cc(-c3cccc4c3Sc3ccccc3S4)c(C)c(-c3cccc4c3Sc3ccccc3S4)c2)cc1-c1cccc2c1Sc1ccccc1S2. The Bertz CT molecular complexity index is 3370. The molecule has 0 nitrogen and oxygen atoms in total. The molecule has 9 heteroatoms. The molecule has 0 atom stereocenters. The molecule has 0 unspecified atom stereocenters. The van der Waals surface area contributed by atoms with E-state index in [1.54, 1.807) is 0 Å². The molecule has 14 rings (SSSR count). The van der Waals surface area contributed by atoms with E-state index in [0.717, 1.165) is 0 Å². The molecule has 4 aliphatic heterocycles. The molecule has 0 bridgehead atoms. The Morgan fingerprint density at radius 3 is 0.676 bits per heavy atom. The second kappa shape index (κ2) is 18.7. The molecule has 0 fully saturated rings. The van der Waals surface area contributed by atoms with Crippen molar-refractivity contribution in [3.8, 4) is 44.5 Å². The predicted octanol–water partition coefficient (Wildman–Crippen LogP) is 21.6. The van der Waals surface area contributed by atoms with Crippen LogP contribution >= 0.6 is 106 Å².